The zero-order chi connectivity index (χ0) is 23.9. The van der Waals surface area contributed by atoms with Gasteiger partial charge in [-0.3, -0.25) is 29.0 Å². The molecule has 3 aliphatic heterocycles. The second-order valence-electron chi connectivity index (χ2n) is 9.40. The first-order chi connectivity index (χ1) is 16.4. The Morgan fingerprint density at radius 2 is 1.82 bits per heavy atom. The molecule has 1 aromatic carbocycles. The monoisotopic (exact) mass is 468 g/mol. The number of nitrogens with one attached hydrogen (secondary N) is 2. The van der Waals surface area contributed by atoms with Gasteiger partial charge in [-0.05, 0) is 50.3 Å². The minimum atomic E-state index is -0.730. The van der Waals surface area contributed by atoms with Crippen LogP contribution in [0.2, 0.25) is 0 Å². The van der Waals surface area contributed by atoms with E-state index in [1.807, 2.05) is 0 Å². The number of ether oxygens (including phenoxy) is 1. The van der Waals surface area contributed by atoms with E-state index < -0.39 is 11.4 Å². The van der Waals surface area contributed by atoms with Gasteiger partial charge < -0.3 is 15.4 Å². The Morgan fingerprint density at radius 1 is 1.06 bits per heavy atom. The summed E-state index contributed by atoms with van der Waals surface area (Å²) in [5.74, 6) is -1.33. The number of rotatable bonds is 7. The van der Waals surface area contributed by atoms with Gasteiger partial charge >= 0.3 is 6.03 Å². The maximum atomic E-state index is 12.8. The zero-order valence-corrected chi connectivity index (χ0v) is 18.9. The summed E-state index contributed by atoms with van der Waals surface area (Å²) >= 11 is 0. The van der Waals surface area contributed by atoms with Crippen LogP contribution in [0.4, 0.5) is 4.79 Å². The normalized spacial score (nSPS) is 23.2. The van der Waals surface area contributed by atoms with Gasteiger partial charge in [-0.2, -0.15) is 0 Å². The molecule has 180 valence electrons. The number of imide groups is 2. The van der Waals surface area contributed by atoms with Gasteiger partial charge in [0, 0.05) is 25.3 Å². The van der Waals surface area contributed by atoms with Crippen molar-refractivity contribution in [3.05, 3.63) is 34.9 Å². The molecule has 1 atom stereocenters. The molecular formula is C24H28N4O6. The van der Waals surface area contributed by atoms with Gasteiger partial charge in [-0.25, -0.2) is 4.79 Å². The van der Waals surface area contributed by atoms with Gasteiger partial charge in [0.25, 0.3) is 23.6 Å². The van der Waals surface area contributed by atoms with Crippen molar-refractivity contribution in [1.82, 2.24) is 20.4 Å². The van der Waals surface area contributed by atoms with Crippen LogP contribution in [0.5, 0.6) is 0 Å². The van der Waals surface area contributed by atoms with Crippen LogP contribution in [0.3, 0.4) is 0 Å². The summed E-state index contributed by atoms with van der Waals surface area (Å²) in [4.78, 5) is 65.4. The van der Waals surface area contributed by atoms with E-state index in [4.69, 9.17) is 4.74 Å². The molecule has 4 aliphatic rings. The van der Waals surface area contributed by atoms with Crippen LogP contribution >= 0.6 is 0 Å². The van der Waals surface area contributed by atoms with Crippen LogP contribution < -0.4 is 10.6 Å². The molecular weight excluding hydrogens is 440 g/mol. The van der Waals surface area contributed by atoms with Crippen molar-refractivity contribution in [1.29, 1.82) is 0 Å². The maximum absolute atomic E-state index is 12.8. The molecule has 0 bridgehead atoms. The number of benzene rings is 1. The molecule has 3 fully saturated rings. The lowest BCUT2D eigenvalue weighted by Crippen LogP contribution is -2.44. The van der Waals surface area contributed by atoms with E-state index >= 15 is 0 Å². The first kappa shape index (κ1) is 22.5. The van der Waals surface area contributed by atoms with E-state index in [0.717, 1.165) is 25.7 Å². The second kappa shape index (κ2) is 8.83. The van der Waals surface area contributed by atoms with E-state index in [1.165, 1.54) is 28.0 Å². The van der Waals surface area contributed by atoms with Gasteiger partial charge in [0.15, 0.2) is 0 Å². The van der Waals surface area contributed by atoms with E-state index in [1.54, 1.807) is 0 Å². The van der Waals surface area contributed by atoms with Crippen molar-refractivity contribution in [2.45, 2.75) is 56.6 Å². The highest BCUT2D eigenvalue weighted by atomic mass is 16.5. The Labute approximate surface area is 197 Å². The highest BCUT2D eigenvalue weighted by Gasteiger charge is 2.52. The van der Waals surface area contributed by atoms with Crippen molar-refractivity contribution in [2.75, 3.05) is 26.2 Å². The van der Waals surface area contributed by atoms with Crippen molar-refractivity contribution in [3.8, 4) is 0 Å². The third-order valence-electron chi connectivity index (χ3n) is 7.19. The van der Waals surface area contributed by atoms with Gasteiger partial charge in [0.05, 0.1) is 23.8 Å². The Balaban J connectivity index is 1.15. The molecule has 2 N–H and O–H groups in total. The molecule has 1 aromatic rings. The third-order valence-corrected chi connectivity index (χ3v) is 7.19. The third kappa shape index (κ3) is 3.85. The van der Waals surface area contributed by atoms with E-state index in [2.05, 4.69) is 10.6 Å². The fourth-order valence-electron chi connectivity index (χ4n) is 5.33. The number of amides is 6. The summed E-state index contributed by atoms with van der Waals surface area (Å²) in [6, 6.07) is 4.11. The standard InChI is InChI=1S/C24H28N4O6/c29-19(25-10-4-11-27-22(32)24(26-23(27)33)8-1-2-9-24)15-6-7-17-18(13-15)21(31)28(20(17)30)14-16-5-3-12-34-16/h6-7,13,16H,1-5,8-12,14H2,(H,25,29)(H,26,33). The number of nitrogens with zero attached hydrogens (tertiary/aromatic N) is 2. The van der Waals surface area contributed by atoms with Crippen molar-refractivity contribution < 1.29 is 28.7 Å². The number of fused-ring (bicyclic) bond motifs is 1. The van der Waals surface area contributed by atoms with Crippen LogP contribution in [0.1, 0.15) is 76.0 Å². The molecule has 5 rings (SSSR count). The summed E-state index contributed by atoms with van der Waals surface area (Å²) in [5.41, 5.74) is 0.0570. The van der Waals surface area contributed by atoms with Gasteiger partial charge in [-0.15, -0.1) is 0 Å². The van der Waals surface area contributed by atoms with Crippen LogP contribution in [0.25, 0.3) is 0 Å². The zero-order valence-electron chi connectivity index (χ0n) is 18.9. The summed E-state index contributed by atoms with van der Waals surface area (Å²) in [6.45, 7) is 1.34. The molecule has 34 heavy (non-hydrogen) atoms. The Kier molecular flexibility index (Phi) is 5.85. The molecule has 2 saturated heterocycles. The second-order valence-corrected chi connectivity index (χ2v) is 9.40. The van der Waals surface area contributed by atoms with Crippen LogP contribution in [-0.2, 0) is 9.53 Å². The van der Waals surface area contributed by atoms with E-state index in [0.29, 0.717) is 31.4 Å². The van der Waals surface area contributed by atoms with Crippen LogP contribution in [-0.4, -0.2) is 77.3 Å². The van der Waals surface area contributed by atoms with Gasteiger partial charge in [-0.1, -0.05) is 12.8 Å². The van der Waals surface area contributed by atoms with Crippen LogP contribution in [0, 0.1) is 0 Å². The highest BCUT2D eigenvalue weighted by Crippen LogP contribution is 2.35. The highest BCUT2D eigenvalue weighted by molar-refractivity contribution is 6.22. The van der Waals surface area contributed by atoms with Crippen molar-refractivity contribution >= 4 is 29.7 Å². The molecule has 10 heteroatoms. The average Bonchev–Trinajstić information content (AvgIpc) is 3.60. The first-order valence-electron chi connectivity index (χ1n) is 11.9. The number of carbonyl (C=O) groups is 5. The predicted molar refractivity (Wildman–Crippen MR) is 119 cm³/mol. The molecule has 6 amide bonds. The number of urea groups is 1. The lowest BCUT2D eigenvalue weighted by molar-refractivity contribution is -0.131. The number of hydrogen-bond acceptors (Lipinski definition) is 6. The summed E-state index contributed by atoms with van der Waals surface area (Å²) < 4.78 is 5.54. The molecule has 1 spiro atoms. The SMILES string of the molecule is O=C(NCCCN1C(=O)NC2(CCCC2)C1=O)c1ccc2c(c1)C(=O)N(CC1CCCO1)C2=O. The molecule has 10 nitrogen and oxygen atoms in total. The first-order valence-corrected chi connectivity index (χ1v) is 11.9. The molecule has 0 radical (unpaired) electrons. The Hall–Kier alpha value is -3.27. The molecule has 1 aliphatic carbocycles. The summed E-state index contributed by atoms with van der Waals surface area (Å²) in [7, 11) is 0. The lowest BCUT2D eigenvalue weighted by Gasteiger charge is -2.20. The van der Waals surface area contributed by atoms with Gasteiger partial charge in [0.1, 0.15) is 5.54 Å². The fourth-order valence-corrected chi connectivity index (χ4v) is 5.33. The number of carbonyl (C=O) groups excluding carboxylic acids is 5. The number of hydrogen-bond donors (Lipinski definition) is 2. The Bertz CT molecular complexity index is 1060. The van der Waals surface area contributed by atoms with Crippen LogP contribution in [0.15, 0.2) is 18.2 Å². The average molecular weight is 469 g/mol. The molecule has 1 unspecified atom stereocenters. The summed E-state index contributed by atoms with van der Waals surface area (Å²) in [6.07, 6.45) is 5.21. The smallest absolute Gasteiger partial charge is 0.325 e. The minimum absolute atomic E-state index is 0.141. The van der Waals surface area contributed by atoms with E-state index in [9.17, 15) is 24.0 Å². The van der Waals surface area contributed by atoms with E-state index in [-0.39, 0.29) is 60.6 Å². The topological polar surface area (TPSA) is 125 Å². The molecule has 1 saturated carbocycles. The minimum Gasteiger partial charge on any atom is -0.376 e. The van der Waals surface area contributed by atoms with Crippen molar-refractivity contribution in [2.24, 2.45) is 0 Å². The fraction of sp³-hybridized carbons (Fsp3) is 0.542. The lowest BCUT2D eigenvalue weighted by atomic mass is 9.98. The van der Waals surface area contributed by atoms with Crippen molar-refractivity contribution in [3.63, 3.8) is 0 Å². The molecule has 0 aromatic heterocycles. The quantitative estimate of drug-likeness (QED) is 0.355. The van der Waals surface area contributed by atoms with Gasteiger partial charge in [0.2, 0.25) is 0 Å². The largest absolute Gasteiger partial charge is 0.376 e. The maximum Gasteiger partial charge on any atom is 0.325 e. The summed E-state index contributed by atoms with van der Waals surface area (Å²) in [5, 5.41) is 5.60. The predicted octanol–water partition coefficient (Wildman–Crippen LogP) is 1.45. The molecule has 3 heterocycles. The Morgan fingerprint density at radius 3 is 2.56 bits per heavy atom.